The van der Waals surface area contributed by atoms with Gasteiger partial charge in [-0.1, -0.05) is 18.2 Å². The first-order valence-corrected chi connectivity index (χ1v) is 7.02. The standard InChI is InChI=1S/C15H22N2O2/c18-15(17-11-5-4-9-16-10-12-17)8-13-19-14-6-2-1-3-7-14/h1-3,6-7,16H,4-5,8-13H2. The number of carbonyl (C=O) groups excluding carboxylic acids is 1. The number of nitrogens with zero attached hydrogens (tertiary/aromatic N) is 1. The number of carbonyl (C=O) groups is 1. The van der Waals surface area contributed by atoms with Crippen molar-refractivity contribution in [1.82, 2.24) is 10.2 Å². The minimum Gasteiger partial charge on any atom is -0.493 e. The zero-order chi connectivity index (χ0) is 13.3. The summed E-state index contributed by atoms with van der Waals surface area (Å²) in [4.78, 5) is 14.0. The molecule has 0 aromatic heterocycles. The van der Waals surface area contributed by atoms with E-state index in [1.54, 1.807) is 0 Å². The van der Waals surface area contributed by atoms with E-state index in [4.69, 9.17) is 4.74 Å². The lowest BCUT2D eigenvalue weighted by Gasteiger charge is -2.25. The van der Waals surface area contributed by atoms with E-state index in [1.165, 1.54) is 0 Å². The second-order valence-corrected chi connectivity index (χ2v) is 4.75. The largest absolute Gasteiger partial charge is 0.493 e. The summed E-state index contributed by atoms with van der Waals surface area (Å²) in [5.74, 6) is 1.02. The molecule has 4 nitrogen and oxygen atoms in total. The second kappa shape index (κ2) is 7.79. The fourth-order valence-corrected chi connectivity index (χ4v) is 2.18. The van der Waals surface area contributed by atoms with Crippen LogP contribution in [0.15, 0.2) is 30.3 Å². The number of nitrogens with one attached hydrogen (secondary N) is 1. The Bertz CT molecular complexity index is 373. The minimum absolute atomic E-state index is 0.194. The van der Waals surface area contributed by atoms with Crippen molar-refractivity contribution in [2.45, 2.75) is 19.3 Å². The van der Waals surface area contributed by atoms with E-state index >= 15 is 0 Å². The Balaban J connectivity index is 1.71. The summed E-state index contributed by atoms with van der Waals surface area (Å²) in [5, 5.41) is 3.33. The number of ether oxygens (including phenoxy) is 1. The normalized spacial score (nSPS) is 16.5. The van der Waals surface area contributed by atoms with Crippen molar-refractivity contribution >= 4 is 5.91 Å². The van der Waals surface area contributed by atoms with Crippen LogP contribution in [0.5, 0.6) is 5.75 Å². The number of rotatable bonds is 4. The Kier molecular flexibility index (Phi) is 5.69. The van der Waals surface area contributed by atoms with Crippen LogP contribution in [-0.4, -0.2) is 43.6 Å². The molecule has 1 heterocycles. The van der Waals surface area contributed by atoms with Crippen molar-refractivity contribution in [3.8, 4) is 5.75 Å². The zero-order valence-corrected chi connectivity index (χ0v) is 11.3. The van der Waals surface area contributed by atoms with Crippen LogP contribution in [0.3, 0.4) is 0 Å². The van der Waals surface area contributed by atoms with Crippen LogP contribution in [0, 0.1) is 0 Å². The maximum Gasteiger partial charge on any atom is 0.226 e. The first-order valence-electron chi connectivity index (χ1n) is 7.02. The zero-order valence-electron chi connectivity index (χ0n) is 11.3. The lowest BCUT2D eigenvalue weighted by Crippen LogP contribution is -2.40. The summed E-state index contributed by atoms with van der Waals surface area (Å²) in [6.45, 7) is 4.10. The highest BCUT2D eigenvalue weighted by molar-refractivity contribution is 5.76. The number of hydrogen-bond acceptors (Lipinski definition) is 3. The van der Waals surface area contributed by atoms with Gasteiger partial charge in [0, 0.05) is 19.6 Å². The van der Waals surface area contributed by atoms with Crippen LogP contribution in [0.4, 0.5) is 0 Å². The molecular weight excluding hydrogens is 240 g/mol. The minimum atomic E-state index is 0.194. The molecule has 0 bridgehead atoms. The molecular formula is C15H22N2O2. The summed E-state index contributed by atoms with van der Waals surface area (Å²) in [6, 6.07) is 9.63. The summed E-state index contributed by atoms with van der Waals surface area (Å²) < 4.78 is 5.56. The maximum absolute atomic E-state index is 12.1. The van der Waals surface area contributed by atoms with Gasteiger partial charge in [-0.25, -0.2) is 0 Å². The first-order chi connectivity index (χ1) is 9.36. The van der Waals surface area contributed by atoms with E-state index in [1.807, 2.05) is 35.2 Å². The van der Waals surface area contributed by atoms with Gasteiger partial charge in [-0.05, 0) is 31.5 Å². The van der Waals surface area contributed by atoms with E-state index in [2.05, 4.69) is 5.32 Å². The molecule has 1 amide bonds. The molecule has 4 heteroatoms. The Labute approximate surface area is 114 Å². The molecule has 1 fully saturated rings. The van der Waals surface area contributed by atoms with Gasteiger partial charge in [0.2, 0.25) is 5.91 Å². The third-order valence-corrected chi connectivity index (χ3v) is 3.27. The summed E-state index contributed by atoms with van der Waals surface area (Å²) in [6.07, 6.45) is 2.68. The summed E-state index contributed by atoms with van der Waals surface area (Å²) >= 11 is 0. The molecule has 0 unspecified atom stereocenters. The third-order valence-electron chi connectivity index (χ3n) is 3.27. The topological polar surface area (TPSA) is 41.6 Å². The smallest absolute Gasteiger partial charge is 0.226 e. The molecule has 1 aromatic carbocycles. The van der Waals surface area contributed by atoms with Crippen LogP contribution in [-0.2, 0) is 4.79 Å². The van der Waals surface area contributed by atoms with Crippen LogP contribution < -0.4 is 10.1 Å². The lowest BCUT2D eigenvalue weighted by atomic mass is 10.2. The fraction of sp³-hybridized carbons (Fsp3) is 0.533. The van der Waals surface area contributed by atoms with Gasteiger partial charge in [0.05, 0.1) is 13.0 Å². The van der Waals surface area contributed by atoms with Crippen molar-refractivity contribution < 1.29 is 9.53 Å². The molecule has 0 atom stereocenters. The quantitative estimate of drug-likeness (QED) is 0.897. The van der Waals surface area contributed by atoms with Crippen LogP contribution >= 0.6 is 0 Å². The summed E-state index contributed by atoms with van der Waals surface area (Å²) in [7, 11) is 0. The molecule has 2 rings (SSSR count). The highest BCUT2D eigenvalue weighted by Gasteiger charge is 2.14. The van der Waals surface area contributed by atoms with Crippen molar-refractivity contribution in [2.75, 3.05) is 32.8 Å². The first kappa shape index (κ1) is 13.9. The van der Waals surface area contributed by atoms with E-state index in [0.29, 0.717) is 13.0 Å². The fourth-order valence-electron chi connectivity index (χ4n) is 2.18. The lowest BCUT2D eigenvalue weighted by molar-refractivity contribution is -0.131. The van der Waals surface area contributed by atoms with Gasteiger partial charge >= 0.3 is 0 Å². The molecule has 1 aliphatic heterocycles. The van der Waals surface area contributed by atoms with Crippen molar-refractivity contribution in [3.63, 3.8) is 0 Å². The Morgan fingerprint density at radius 1 is 1.16 bits per heavy atom. The van der Waals surface area contributed by atoms with Crippen molar-refractivity contribution in [2.24, 2.45) is 0 Å². The Morgan fingerprint density at radius 2 is 2.00 bits per heavy atom. The molecule has 0 spiro atoms. The molecule has 104 valence electrons. The van der Waals surface area contributed by atoms with Crippen LogP contribution in [0.2, 0.25) is 0 Å². The average molecular weight is 262 g/mol. The number of hydrogen-bond donors (Lipinski definition) is 1. The Morgan fingerprint density at radius 3 is 2.84 bits per heavy atom. The summed E-state index contributed by atoms with van der Waals surface area (Å²) in [5.41, 5.74) is 0. The van der Waals surface area contributed by atoms with E-state index in [-0.39, 0.29) is 5.91 Å². The average Bonchev–Trinajstić information content (AvgIpc) is 2.39. The van der Waals surface area contributed by atoms with Gasteiger partial charge in [-0.3, -0.25) is 4.79 Å². The van der Waals surface area contributed by atoms with Gasteiger partial charge in [0.15, 0.2) is 0 Å². The molecule has 0 radical (unpaired) electrons. The SMILES string of the molecule is O=C(CCOc1ccccc1)N1CCCCNCC1. The van der Waals surface area contributed by atoms with E-state index in [0.717, 1.165) is 44.8 Å². The number of amides is 1. The molecule has 1 aliphatic rings. The monoisotopic (exact) mass is 262 g/mol. The van der Waals surface area contributed by atoms with Crippen LogP contribution in [0.1, 0.15) is 19.3 Å². The Hall–Kier alpha value is -1.55. The predicted octanol–water partition coefficient (Wildman–Crippen LogP) is 1.67. The van der Waals surface area contributed by atoms with Gasteiger partial charge in [-0.2, -0.15) is 0 Å². The van der Waals surface area contributed by atoms with Crippen molar-refractivity contribution in [1.29, 1.82) is 0 Å². The molecule has 19 heavy (non-hydrogen) atoms. The van der Waals surface area contributed by atoms with E-state index in [9.17, 15) is 4.79 Å². The van der Waals surface area contributed by atoms with Gasteiger partial charge in [0.25, 0.3) is 0 Å². The van der Waals surface area contributed by atoms with E-state index < -0.39 is 0 Å². The molecule has 1 N–H and O–H groups in total. The van der Waals surface area contributed by atoms with Gasteiger partial charge in [0.1, 0.15) is 5.75 Å². The molecule has 0 saturated carbocycles. The molecule has 0 aliphatic carbocycles. The maximum atomic E-state index is 12.1. The van der Waals surface area contributed by atoms with Crippen molar-refractivity contribution in [3.05, 3.63) is 30.3 Å². The van der Waals surface area contributed by atoms with Gasteiger partial charge < -0.3 is 15.0 Å². The second-order valence-electron chi connectivity index (χ2n) is 4.75. The number of para-hydroxylation sites is 1. The third kappa shape index (κ3) is 4.91. The van der Waals surface area contributed by atoms with Crippen LogP contribution in [0.25, 0.3) is 0 Å². The molecule has 1 saturated heterocycles. The molecule has 1 aromatic rings. The predicted molar refractivity (Wildman–Crippen MR) is 75.2 cm³/mol. The highest BCUT2D eigenvalue weighted by Crippen LogP contribution is 2.09. The van der Waals surface area contributed by atoms with Gasteiger partial charge in [-0.15, -0.1) is 0 Å². The number of benzene rings is 1. The highest BCUT2D eigenvalue weighted by atomic mass is 16.5.